The number of rotatable bonds is 5. The summed E-state index contributed by atoms with van der Waals surface area (Å²) in [4.78, 5) is 17.9. The number of benzene rings is 1. The van der Waals surface area contributed by atoms with E-state index in [0.29, 0.717) is 5.69 Å². The summed E-state index contributed by atoms with van der Waals surface area (Å²) in [5.41, 5.74) is 8.53. The van der Waals surface area contributed by atoms with Gasteiger partial charge in [-0.1, -0.05) is 0 Å². The topological polar surface area (TPSA) is 124 Å². The SMILES string of the molecule is C[C@@]1(c2cc(N)ccc2F)COC(CF)(CF)C(N)=N1.Cc1cc(C(F)F)cnc1C(=O)O. The first-order chi connectivity index (χ1) is 15.4. The first-order valence-electron chi connectivity index (χ1n) is 9.54. The molecule has 180 valence electrons. The molecule has 1 aromatic heterocycles. The van der Waals surface area contributed by atoms with Crippen molar-refractivity contribution in [3.8, 4) is 0 Å². The highest BCUT2D eigenvalue weighted by Crippen LogP contribution is 2.35. The number of aromatic carboxylic acids is 1. The van der Waals surface area contributed by atoms with Gasteiger partial charge in [-0.25, -0.2) is 31.7 Å². The molecule has 1 aliphatic rings. The summed E-state index contributed by atoms with van der Waals surface area (Å²) < 4.78 is 69.3. The van der Waals surface area contributed by atoms with Gasteiger partial charge in [0.2, 0.25) is 0 Å². The number of nitrogen functional groups attached to an aromatic ring is 1. The Kier molecular flexibility index (Phi) is 7.96. The lowest BCUT2D eigenvalue weighted by atomic mass is 9.89. The number of halogens is 5. The Bertz CT molecular complexity index is 1050. The molecule has 7 nitrogen and oxygen atoms in total. The number of nitrogens with two attached hydrogens (primary N) is 2. The number of aromatic nitrogens is 1. The van der Waals surface area contributed by atoms with E-state index in [0.717, 1.165) is 12.3 Å². The van der Waals surface area contributed by atoms with E-state index in [2.05, 4.69) is 9.98 Å². The summed E-state index contributed by atoms with van der Waals surface area (Å²) in [6.45, 7) is 0.547. The first-order valence-corrected chi connectivity index (χ1v) is 9.54. The van der Waals surface area contributed by atoms with Crippen LogP contribution in [0.1, 0.15) is 40.5 Å². The normalized spacial score (nSPS) is 19.5. The number of carboxylic acids is 1. The van der Waals surface area contributed by atoms with Crippen LogP contribution in [0.4, 0.5) is 27.6 Å². The highest BCUT2D eigenvalue weighted by molar-refractivity contribution is 5.90. The number of pyridine rings is 1. The van der Waals surface area contributed by atoms with Gasteiger partial charge in [0.05, 0.1) is 6.61 Å². The summed E-state index contributed by atoms with van der Waals surface area (Å²) in [5.74, 6) is -2.06. The van der Waals surface area contributed by atoms with Crippen LogP contribution in [0.15, 0.2) is 35.5 Å². The van der Waals surface area contributed by atoms with Crippen molar-refractivity contribution in [2.75, 3.05) is 25.7 Å². The van der Waals surface area contributed by atoms with Crippen LogP contribution in [0.25, 0.3) is 0 Å². The van der Waals surface area contributed by atoms with Gasteiger partial charge < -0.3 is 21.3 Å². The van der Waals surface area contributed by atoms with Gasteiger partial charge in [0, 0.05) is 23.0 Å². The van der Waals surface area contributed by atoms with Crippen molar-refractivity contribution >= 4 is 17.5 Å². The van der Waals surface area contributed by atoms with Crippen LogP contribution in [0.3, 0.4) is 0 Å². The van der Waals surface area contributed by atoms with E-state index < -0.39 is 42.7 Å². The van der Waals surface area contributed by atoms with Crippen molar-refractivity contribution in [3.63, 3.8) is 0 Å². The van der Waals surface area contributed by atoms with Crippen LogP contribution >= 0.6 is 0 Å². The third-order valence-electron chi connectivity index (χ3n) is 5.02. The van der Waals surface area contributed by atoms with E-state index in [1.54, 1.807) is 6.92 Å². The maximum Gasteiger partial charge on any atom is 0.354 e. The predicted octanol–water partition coefficient (Wildman–Crippen LogP) is 3.71. The number of nitrogens with zero attached hydrogens (tertiary/aromatic N) is 2. The fourth-order valence-electron chi connectivity index (χ4n) is 3.04. The minimum absolute atomic E-state index is 0.173. The van der Waals surface area contributed by atoms with Crippen LogP contribution in [-0.4, -0.2) is 47.5 Å². The van der Waals surface area contributed by atoms with E-state index in [-0.39, 0.29) is 34.8 Å². The van der Waals surface area contributed by atoms with Crippen molar-refractivity contribution in [2.45, 2.75) is 31.4 Å². The highest BCUT2D eigenvalue weighted by Gasteiger charge is 2.45. The average Bonchev–Trinajstić information content (AvgIpc) is 2.76. The van der Waals surface area contributed by atoms with E-state index in [9.17, 15) is 26.7 Å². The molecule has 12 heteroatoms. The molecule has 5 N–H and O–H groups in total. The van der Waals surface area contributed by atoms with Crippen LogP contribution < -0.4 is 11.5 Å². The van der Waals surface area contributed by atoms with Gasteiger partial charge in [-0.05, 0) is 43.7 Å². The van der Waals surface area contributed by atoms with Crippen molar-refractivity contribution in [2.24, 2.45) is 10.7 Å². The molecule has 2 heterocycles. The van der Waals surface area contributed by atoms with Crippen molar-refractivity contribution < 1.29 is 36.6 Å². The molecule has 0 spiro atoms. The molecule has 0 radical (unpaired) electrons. The summed E-state index contributed by atoms with van der Waals surface area (Å²) in [7, 11) is 0. The lowest BCUT2D eigenvalue weighted by molar-refractivity contribution is -0.0575. The molecule has 0 amide bonds. The minimum atomic E-state index is -2.62. The molecule has 0 saturated heterocycles. The number of carboxylic acid groups (broad SMARTS) is 1. The van der Waals surface area contributed by atoms with E-state index in [1.165, 1.54) is 25.1 Å². The Hall–Kier alpha value is -3.28. The third kappa shape index (κ3) is 5.56. The number of hydrogen-bond donors (Lipinski definition) is 3. The number of anilines is 1. The Labute approximate surface area is 186 Å². The zero-order chi connectivity index (χ0) is 25.0. The molecule has 0 fully saturated rings. The maximum absolute atomic E-state index is 13.9. The molecule has 2 aromatic rings. The summed E-state index contributed by atoms with van der Waals surface area (Å²) >= 11 is 0. The van der Waals surface area contributed by atoms with Crippen molar-refractivity contribution in [1.82, 2.24) is 4.98 Å². The zero-order valence-electron chi connectivity index (χ0n) is 17.8. The van der Waals surface area contributed by atoms with Crippen LogP contribution in [0, 0.1) is 12.7 Å². The monoisotopic (exact) mass is 474 g/mol. The standard InChI is InChI=1S/C13H16F3N3O.C8H7F2NO2/c1-12(9-4-8(17)2-3-10(9)16)7-20-13(5-14,6-15)11(18)19-12;1-4-2-5(7(9)10)3-11-6(4)8(12)13/h2-4H,5-7,17H2,1H3,(H2,18,19);2-3,7H,1H3,(H,12,13)/t12-;/m0./s1. The number of amidine groups is 1. The molecular formula is C21H23F5N4O3. The number of alkyl halides is 4. The molecule has 33 heavy (non-hydrogen) atoms. The van der Waals surface area contributed by atoms with Crippen molar-refractivity contribution in [1.29, 1.82) is 0 Å². The maximum atomic E-state index is 13.9. The number of hydrogen-bond acceptors (Lipinski definition) is 6. The first kappa shape index (κ1) is 26.0. The molecule has 0 bridgehead atoms. The molecular weight excluding hydrogens is 451 g/mol. The smallest absolute Gasteiger partial charge is 0.354 e. The fraction of sp³-hybridized carbons (Fsp3) is 0.381. The molecule has 0 saturated carbocycles. The Morgan fingerprint density at radius 1 is 1.24 bits per heavy atom. The third-order valence-corrected chi connectivity index (χ3v) is 5.02. The van der Waals surface area contributed by atoms with Gasteiger partial charge in [-0.2, -0.15) is 0 Å². The zero-order valence-corrected chi connectivity index (χ0v) is 17.8. The number of aliphatic imine (C=N–C) groups is 1. The largest absolute Gasteiger partial charge is 0.477 e. The van der Waals surface area contributed by atoms with Gasteiger partial charge in [-0.3, -0.25) is 4.99 Å². The van der Waals surface area contributed by atoms with Crippen molar-refractivity contribution in [3.05, 3.63) is 58.7 Å². The Morgan fingerprint density at radius 2 is 1.88 bits per heavy atom. The van der Waals surface area contributed by atoms with Gasteiger partial charge in [-0.15, -0.1) is 0 Å². The quantitative estimate of drug-likeness (QED) is 0.448. The van der Waals surface area contributed by atoms with Crippen LogP contribution in [0.2, 0.25) is 0 Å². The number of ether oxygens (including phenoxy) is 1. The van der Waals surface area contributed by atoms with E-state index >= 15 is 0 Å². The fourth-order valence-corrected chi connectivity index (χ4v) is 3.04. The minimum Gasteiger partial charge on any atom is -0.477 e. The van der Waals surface area contributed by atoms with Crippen LogP contribution in [-0.2, 0) is 10.3 Å². The number of aryl methyl sites for hydroxylation is 1. The van der Waals surface area contributed by atoms with Gasteiger partial charge in [0.1, 0.15) is 30.5 Å². The van der Waals surface area contributed by atoms with E-state index in [4.69, 9.17) is 21.3 Å². The molecule has 0 aliphatic carbocycles. The van der Waals surface area contributed by atoms with Crippen LogP contribution in [0.5, 0.6) is 0 Å². The predicted molar refractivity (Wildman–Crippen MR) is 111 cm³/mol. The second kappa shape index (κ2) is 10.1. The second-order valence-corrected chi connectivity index (χ2v) is 7.60. The molecule has 1 aliphatic heterocycles. The lowest BCUT2D eigenvalue weighted by Crippen LogP contribution is -2.56. The van der Waals surface area contributed by atoms with E-state index in [1.807, 2.05) is 0 Å². The summed E-state index contributed by atoms with van der Waals surface area (Å²) in [5, 5.41) is 8.55. The van der Waals surface area contributed by atoms with Gasteiger partial charge >= 0.3 is 5.97 Å². The van der Waals surface area contributed by atoms with Gasteiger partial charge in [0.25, 0.3) is 6.43 Å². The highest BCUT2D eigenvalue weighted by atomic mass is 19.3. The van der Waals surface area contributed by atoms with Gasteiger partial charge in [0.15, 0.2) is 11.3 Å². The average molecular weight is 474 g/mol. The molecule has 1 atom stereocenters. The molecule has 1 aromatic carbocycles. The summed E-state index contributed by atoms with van der Waals surface area (Å²) in [6.07, 6.45) is -1.74. The Balaban J connectivity index is 0.000000257. The molecule has 0 unspecified atom stereocenters. The Morgan fingerprint density at radius 3 is 2.36 bits per heavy atom. The summed E-state index contributed by atoms with van der Waals surface area (Å²) in [6, 6.07) is 5.15. The number of carbonyl (C=O) groups is 1. The second-order valence-electron chi connectivity index (χ2n) is 7.60. The lowest BCUT2D eigenvalue weighted by Gasteiger charge is -2.39. The molecule has 3 rings (SSSR count).